The van der Waals surface area contributed by atoms with Gasteiger partial charge in [0.15, 0.2) is 0 Å². The lowest BCUT2D eigenvalue weighted by atomic mass is 10.5. The Morgan fingerprint density at radius 1 is 1.57 bits per heavy atom. The number of rotatable bonds is 2. The Hall–Kier alpha value is -0.550. The van der Waals surface area contributed by atoms with Crippen LogP contribution < -0.4 is 0 Å². The minimum absolute atomic E-state index is 0.694. The lowest BCUT2D eigenvalue weighted by molar-refractivity contribution is 0.570. The van der Waals surface area contributed by atoms with E-state index < -0.39 is 0 Å². The summed E-state index contributed by atoms with van der Waals surface area (Å²) >= 11 is 0. The molecule has 0 amide bonds. The molecule has 0 N–H and O–H groups in total. The van der Waals surface area contributed by atoms with Crippen molar-refractivity contribution < 1.29 is 0 Å². The van der Waals surface area contributed by atoms with Crippen LogP contribution in [0.15, 0.2) is 0 Å². The largest absolute Gasteiger partial charge is 0.300 e. The van der Waals surface area contributed by atoms with Crippen molar-refractivity contribution in [1.29, 1.82) is 5.26 Å². The van der Waals surface area contributed by atoms with E-state index in [9.17, 15) is 0 Å². The Labute approximate surface area is 43.3 Å². The van der Waals surface area contributed by atoms with Crippen molar-refractivity contribution in [3.63, 3.8) is 0 Å². The maximum absolute atomic E-state index is 8.07. The first-order chi connectivity index (χ1) is 3.43. The summed E-state index contributed by atoms with van der Waals surface area (Å²) in [6.45, 7) is 3.40. The number of hydrogen-bond acceptors (Lipinski definition) is 2. The predicted octanol–water partition coefficient (Wildman–Crippen LogP) is 0.216. The van der Waals surface area contributed by atoms with Gasteiger partial charge < -0.3 is 0 Å². The van der Waals surface area contributed by atoms with E-state index in [1.54, 1.807) is 0 Å². The second-order valence-corrected chi connectivity index (χ2v) is 1.75. The van der Waals surface area contributed by atoms with Crippen molar-refractivity contribution in [2.45, 2.75) is 6.42 Å². The highest BCUT2D eigenvalue weighted by Crippen LogP contribution is 2.01. The molecule has 2 heteroatoms. The molecule has 0 aliphatic carbocycles. The minimum atomic E-state index is 0.694. The monoisotopic (exact) mass is 96.1 g/mol. The SMILES string of the molecule is N#CCCN1CC1. The topological polar surface area (TPSA) is 26.8 Å². The molecule has 2 nitrogen and oxygen atoms in total. The fourth-order valence-electron chi connectivity index (χ4n) is 0.502. The summed E-state index contributed by atoms with van der Waals surface area (Å²) in [7, 11) is 0. The van der Waals surface area contributed by atoms with E-state index >= 15 is 0 Å². The van der Waals surface area contributed by atoms with Crippen molar-refractivity contribution in [1.82, 2.24) is 4.90 Å². The summed E-state index contributed by atoms with van der Waals surface area (Å²) in [5.74, 6) is 0. The second kappa shape index (κ2) is 1.94. The van der Waals surface area contributed by atoms with Crippen LogP contribution in [-0.2, 0) is 0 Å². The molecule has 1 saturated heterocycles. The summed E-state index contributed by atoms with van der Waals surface area (Å²) < 4.78 is 0. The van der Waals surface area contributed by atoms with E-state index in [1.807, 2.05) is 0 Å². The van der Waals surface area contributed by atoms with Gasteiger partial charge in [0.25, 0.3) is 0 Å². The quantitative estimate of drug-likeness (QED) is 0.459. The normalized spacial score (nSPS) is 18.7. The van der Waals surface area contributed by atoms with Crippen LogP contribution in [0.25, 0.3) is 0 Å². The molecule has 1 aliphatic heterocycles. The number of nitriles is 1. The first-order valence-corrected chi connectivity index (χ1v) is 2.53. The highest BCUT2D eigenvalue weighted by atomic mass is 15.2. The first-order valence-electron chi connectivity index (χ1n) is 2.53. The third kappa shape index (κ3) is 1.56. The maximum atomic E-state index is 8.07. The molecule has 1 heterocycles. The van der Waals surface area contributed by atoms with Gasteiger partial charge in [0.1, 0.15) is 0 Å². The molecule has 0 bridgehead atoms. The summed E-state index contributed by atoms with van der Waals surface area (Å²) in [6, 6.07) is 2.10. The Morgan fingerprint density at radius 2 is 2.29 bits per heavy atom. The van der Waals surface area contributed by atoms with Crippen LogP contribution in [0.2, 0.25) is 0 Å². The zero-order valence-corrected chi connectivity index (χ0v) is 4.22. The third-order valence-corrected chi connectivity index (χ3v) is 1.08. The van der Waals surface area contributed by atoms with Crippen LogP contribution in [0.4, 0.5) is 0 Å². The molecular weight excluding hydrogens is 88.1 g/mol. The highest BCUT2D eigenvalue weighted by molar-refractivity contribution is 4.78. The molecule has 0 unspecified atom stereocenters. The highest BCUT2D eigenvalue weighted by Gasteiger charge is 2.14. The van der Waals surface area contributed by atoms with Gasteiger partial charge in [-0.15, -0.1) is 0 Å². The summed E-state index contributed by atoms with van der Waals surface area (Å²) in [5, 5.41) is 8.07. The van der Waals surface area contributed by atoms with Crippen molar-refractivity contribution >= 4 is 0 Å². The Balaban J connectivity index is 1.91. The fourth-order valence-corrected chi connectivity index (χ4v) is 0.502. The van der Waals surface area contributed by atoms with E-state index in [-0.39, 0.29) is 0 Å². The van der Waals surface area contributed by atoms with Crippen LogP contribution >= 0.6 is 0 Å². The van der Waals surface area contributed by atoms with E-state index in [4.69, 9.17) is 5.26 Å². The van der Waals surface area contributed by atoms with Gasteiger partial charge in [0, 0.05) is 26.1 Å². The molecule has 0 aromatic heterocycles. The van der Waals surface area contributed by atoms with Crippen LogP contribution in [0.1, 0.15) is 6.42 Å². The van der Waals surface area contributed by atoms with E-state index in [2.05, 4.69) is 11.0 Å². The van der Waals surface area contributed by atoms with Gasteiger partial charge in [-0.1, -0.05) is 0 Å². The molecule has 1 fully saturated rings. The molecule has 0 aromatic carbocycles. The molecule has 0 saturated carbocycles. The van der Waals surface area contributed by atoms with Crippen molar-refractivity contribution in [2.75, 3.05) is 19.6 Å². The number of hydrogen-bond donors (Lipinski definition) is 0. The molecule has 0 atom stereocenters. The zero-order valence-electron chi connectivity index (χ0n) is 4.22. The third-order valence-electron chi connectivity index (χ3n) is 1.08. The Morgan fingerprint density at radius 3 is 2.71 bits per heavy atom. The van der Waals surface area contributed by atoms with Crippen LogP contribution in [-0.4, -0.2) is 24.5 Å². The van der Waals surface area contributed by atoms with Gasteiger partial charge >= 0.3 is 0 Å². The van der Waals surface area contributed by atoms with Gasteiger partial charge in [-0.05, 0) is 0 Å². The molecule has 0 radical (unpaired) electrons. The average molecular weight is 96.1 g/mol. The summed E-state index contributed by atoms with van der Waals surface area (Å²) in [6.07, 6.45) is 0.694. The van der Waals surface area contributed by atoms with E-state index in [0.717, 1.165) is 6.54 Å². The smallest absolute Gasteiger partial charge is 0.0635 e. The minimum Gasteiger partial charge on any atom is -0.300 e. The molecule has 7 heavy (non-hydrogen) atoms. The van der Waals surface area contributed by atoms with Gasteiger partial charge in [0.2, 0.25) is 0 Å². The molecular formula is C5H8N2. The standard InChI is InChI=1S/C5H8N2/c6-2-1-3-7-4-5-7/h1,3-5H2. The molecule has 0 spiro atoms. The van der Waals surface area contributed by atoms with Crippen molar-refractivity contribution in [2.24, 2.45) is 0 Å². The Kier molecular flexibility index (Phi) is 1.28. The molecule has 38 valence electrons. The fraction of sp³-hybridized carbons (Fsp3) is 0.800. The zero-order chi connectivity index (χ0) is 5.11. The van der Waals surface area contributed by atoms with Gasteiger partial charge in [-0.25, -0.2) is 0 Å². The predicted molar refractivity (Wildman–Crippen MR) is 26.7 cm³/mol. The number of nitrogens with zero attached hydrogens (tertiary/aromatic N) is 2. The van der Waals surface area contributed by atoms with Crippen molar-refractivity contribution in [3.8, 4) is 6.07 Å². The van der Waals surface area contributed by atoms with Gasteiger partial charge in [-0.3, -0.25) is 4.90 Å². The summed E-state index contributed by atoms with van der Waals surface area (Å²) in [4.78, 5) is 2.24. The van der Waals surface area contributed by atoms with Gasteiger partial charge in [0.05, 0.1) is 6.07 Å². The lowest BCUT2D eigenvalue weighted by Gasteiger charge is -1.87. The second-order valence-electron chi connectivity index (χ2n) is 1.75. The molecule has 1 rings (SSSR count). The Bertz CT molecular complexity index is 88.7. The van der Waals surface area contributed by atoms with E-state index in [1.165, 1.54) is 13.1 Å². The first kappa shape index (κ1) is 4.61. The van der Waals surface area contributed by atoms with E-state index in [0.29, 0.717) is 6.42 Å². The van der Waals surface area contributed by atoms with Crippen LogP contribution in [0.3, 0.4) is 0 Å². The average Bonchev–Trinajstić information content (AvgIpc) is 2.42. The maximum Gasteiger partial charge on any atom is 0.0635 e. The molecule has 1 aliphatic rings. The van der Waals surface area contributed by atoms with Gasteiger partial charge in [-0.2, -0.15) is 5.26 Å². The lowest BCUT2D eigenvalue weighted by Crippen LogP contribution is -1.95. The summed E-state index contributed by atoms with van der Waals surface area (Å²) in [5.41, 5.74) is 0. The van der Waals surface area contributed by atoms with Crippen LogP contribution in [0.5, 0.6) is 0 Å². The van der Waals surface area contributed by atoms with Crippen LogP contribution in [0, 0.1) is 11.3 Å². The van der Waals surface area contributed by atoms with Crippen molar-refractivity contribution in [3.05, 3.63) is 0 Å². The molecule has 0 aromatic rings.